The van der Waals surface area contributed by atoms with Crippen molar-refractivity contribution in [3.05, 3.63) is 269 Å². The number of anilines is 3. The number of likely N-dealkylation sites (N-methyl/N-ethyl adjacent to an activating group) is 3. The van der Waals surface area contributed by atoms with Crippen molar-refractivity contribution >= 4 is 88.1 Å². The van der Waals surface area contributed by atoms with Crippen molar-refractivity contribution < 1.29 is 43.2 Å². The maximum atomic E-state index is 14.0. The average molecular weight is 1610 g/mol. The van der Waals surface area contributed by atoms with Crippen LogP contribution in [0.5, 0.6) is 0 Å². The molecule has 6 aliphatic heterocycles. The molecule has 9 N–H and O–H groups in total. The van der Waals surface area contributed by atoms with Gasteiger partial charge in [0.05, 0.1) is 75.0 Å². The summed E-state index contributed by atoms with van der Waals surface area (Å²) in [5.41, 5.74) is 11.9. The summed E-state index contributed by atoms with van der Waals surface area (Å²) in [4.78, 5) is 141. The molecule has 12 amide bonds. The predicted molar refractivity (Wildman–Crippen MR) is 468 cm³/mol. The van der Waals surface area contributed by atoms with Gasteiger partial charge in [0.2, 0.25) is 17.7 Å². The monoisotopic (exact) mass is 1610 g/mol. The van der Waals surface area contributed by atoms with Crippen LogP contribution in [0.4, 0.5) is 31.4 Å². The van der Waals surface area contributed by atoms with Gasteiger partial charge in [-0.15, -0.1) is 0 Å². The smallest absolute Gasteiger partial charge is 0.318 e. The van der Waals surface area contributed by atoms with Gasteiger partial charge < -0.3 is 77.3 Å². The number of carbonyl (C=O) groups is 9. The number of aliphatic imine (C=N–C) groups is 3. The lowest BCUT2D eigenvalue weighted by Gasteiger charge is -2.44. The largest absolute Gasteiger partial charge is 0.330 e. The summed E-state index contributed by atoms with van der Waals surface area (Å²) in [6.07, 6.45) is 8.62. The molecule has 0 unspecified atom stereocenters. The van der Waals surface area contributed by atoms with Crippen LogP contribution < -0.4 is 47.9 Å². The average Bonchev–Trinajstić information content (AvgIpc) is 1.57. The summed E-state index contributed by atoms with van der Waals surface area (Å²) in [7, 11) is 12.0. The first kappa shape index (κ1) is 87.1. The first-order valence-corrected chi connectivity index (χ1v) is 40.3. The van der Waals surface area contributed by atoms with Crippen molar-refractivity contribution in [3.8, 4) is 0 Å². The van der Waals surface area contributed by atoms with Crippen molar-refractivity contribution in [2.75, 3.05) is 117 Å². The normalized spacial score (nSPS) is 17.5. The van der Waals surface area contributed by atoms with Crippen LogP contribution in [0.3, 0.4) is 0 Å². The quantitative estimate of drug-likeness (QED) is 0.0271. The van der Waals surface area contributed by atoms with Crippen LogP contribution >= 0.6 is 0 Å². The van der Waals surface area contributed by atoms with E-state index < -0.39 is 0 Å². The van der Waals surface area contributed by atoms with Gasteiger partial charge in [-0.1, -0.05) is 158 Å². The zero-order valence-corrected chi connectivity index (χ0v) is 69.6. The van der Waals surface area contributed by atoms with Crippen molar-refractivity contribution in [1.82, 2.24) is 61.3 Å². The number of nitrogens with one attached hydrogen (secondary N) is 9. The summed E-state index contributed by atoms with van der Waals surface area (Å²) in [6.45, 7) is 23.3. The molecule has 1 fully saturated rings. The zero-order chi connectivity index (χ0) is 85.2. The SMILES string of the molecule is C=CC(=O)Nc1ccc(C(=O)NC2=NCC3=C2CN(C(=O)N[C@H](CN(C)C)c2ccccc2)C32CCCCC2)cc1.C=CC(=O)Nc1ccc(C(=O)NC2=NCC3=C2CN(C(=O)N[C@H](CN(C)C)c2ccccc2)[C@@H]3C(C)C)cc1.C=CC(=O)Nc1ccc(C(=O)NC2=NCC3=C2CN(C(=O)N[C@H](CN(C)C)c2ccccc2)[C@H]3C(C)C)cc1. The molecule has 5 atom stereocenters. The van der Waals surface area contributed by atoms with Crippen molar-refractivity contribution in [1.29, 1.82) is 0 Å². The molecule has 1 aliphatic carbocycles. The second-order valence-corrected chi connectivity index (χ2v) is 32.0. The third-order valence-corrected chi connectivity index (χ3v) is 22.0. The fourth-order valence-corrected chi connectivity index (χ4v) is 16.4. The number of carbonyl (C=O) groups excluding carboxylic acids is 9. The number of fused-ring (bicyclic) bond motifs is 1. The molecule has 1 saturated carbocycles. The molecule has 0 aromatic heterocycles. The summed E-state index contributed by atoms with van der Waals surface area (Å²) < 4.78 is 0. The van der Waals surface area contributed by atoms with E-state index in [9.17, 15) is 43.2 Å². The standard InChI is InChI=1S/C32H38N6O3.2C30H36N6O3/c1-4-28(39)34-24-15-13-23(14-16-24)30(40)36-29-25-20-38(32(26(25)19-33-29)17-9-6-10-18-32)31(41)35-27(21-37(2)3)22-11-7-5-8-12-22;2*1-6-26(37)32-22-14-12-21(13-15-22)29(38)34-28-24-17-36(27(19(2)3)23(24)16-31-28)30(39)33-25(18-35(4)5)20-10-8-7-9-11-20/h4-5,7-8,11-16,27H,1,6,9-10,17-21H2,2-3H3,(H,34,39)(H,35,41)(H,33,36,40);2*6-15,19,25,27H,1,16-18H2,2-5H3,(H,32,37)(H,33,39)(H,31,34,38)/t27-;25-,27+;25-,27-/m111/s1. The number of amides is 12. The van der Waals surface area contributed by atoms with E-state index in [1.807, 2.05) is 148 Å². The van der Waals surface area contributed by atoms with Crippen LogP contribution in [0.25, 0.3) is 0 Å². The summed E-state index contributed by atoms with van der Waals surface area (Å²) in [5, 5.41) is 26.7. The Morgan fingerprint density at radius 3 is 1.03 bits per heavy atom. The van der Waals surface area contributed by atoms with Crippen LogP contribution in [-0.2, 0) is 14.4 Å². The van der Waals surface area contributed by atoms with Crippen LogP contribution in [-0.4, -0.2) is 219 Å². The van der Waals surface area contributed by atoms with Crippen LogP contribution in [0.15, 0.2) is 250 Å². The van der Waals surface area contributed by atoms with Crippen molar-refractivity contribution in [2.45, 2.75) is 95.5 Å². The Kier molecular flexibility index (Phi) is 29.2. The van der Waals surface area contributed by atoms with Crippen LogP contribution in [0.1, 0.15) is 126 Å². The first-order chi connectivity index (χ1) is 57.1. The Hall–Kier alpha value is -12.7. The molecule has 6 aromatic rings. The van der Waals surface area contributed by atoms with Gasteiger partial charge in [-0.25, -0.2) is 14.4 Å². The van der Waals surface area contributed by atoms with Gasteiger partial charge in [-0.05, 0) is 191 Å². The summed E-state index contributed by atoms with van der Waals surface area (Å²) in [5.74, 6) is 0.0674. The maximum absolute atomic E-state index is 14.0. The zero-order valence-electron chi connectivity index (χ0n) is 69.6. The molecule has 7 aliphatic rings. The molecule has 6 heterocycles. The Balaban J connectivity index is 0.000000175. The van der Waals surface area contributed by atoms with E-state index in [0.29, 0.717) is 110 Å². The molecule has 27 nitrogen and oxygen atoms in total. The van der Waals surface area contributed by atoms with Gasteiger partial charge in [0, 0.05) is 70.1 Å². The molecule has 13 rings (SSSR count). The lowest BCUT2D eigenvalue weighted by Crippen LogP contribution is -2.55. The molecule has 27 heteroatoms. The maximum Gasteiger partial charge on any atom is 0.318 e. The molecule has 1 spiro atoms. The number of nitrogens with zero attached hydrogens (tertiary/aromatic N) is 9. The molecule has 6 aromatic carbocycles. The Morgan fingerprint density at radius 1 is 0.403 bits per heavy atom. The minimum Gasteiger partial charge on any atom is -0.330 e. The van der Waals surface area contributed by atoms with E-state index in [2.05, 4.69) is 120 Å². The summed E-state index contributed by atoms with van der Waals surface area (Å²) >= 11 is 0. The first-order valence-electron chi connectivity index (χ1n) is 40.3. The second-order valence-electron chi connectivity index (χ2n) is 32.0. The van der Waals surface area contributed by atoms with Gasteiger partial charge >= 0.3 is 18.1 Å². The van der Waals surface area contributed by atoms with Crippen molar-refractivity contribution in [3.63, 3.8) is 0 Å². The molecule has 0 bridgehead atoms. The van der Waals surface area contributed by atoms with Gasteiger partial charge in [-0.3, -0.25) is 43.7 Å². The Labute approximate surface area is 697 Å². The van der Waals surface area contributed by atoms with Crippen molar-refractivity contribution in [2.24, 2.45) is 26.8 Å². The lowest BCUT2D eigenvalue weighted by atomic mass is 9.76. The third kappa shape index (κ3) is 21.5. The van der Waals surface area contributed by atoms with Crippen LogP contribution in [0.2, 0.25) is 0 Å². The van der Waals surface area contributed by atoms with Gasteiger partial charge in [0.15, 0.2) is 0 Å². The molecular formula is C92H110N18O9. The van der Waals surface area contributed by atoms with E-state index in [1.165, 1.54) is 18.2 Å². The topological polar surface area (TPSA) is 318 Å². The molecule has 119 heavy (non-hydrogen) atoms. The highest BCUT2D eigenvalue weighted by Gasteiger charge is 2.52. The number of amidine groups is 3. The van der Waals surface area contributed by atoms with Gasteiger partial charge in [0.1, 0.15) is 17.5 Å². The van der Waals surface area contributed by atoms with E-state index in [-0.39, 0.29) is 101 Å². The minimum absolute atomic E-state index is 0.0835. The minimum atomic E-state index is -0.377. The number of benzene rings is 6. The predicted octanol–water partition coefficient (Wildman–Crippen LogP) is 11.5. The highest BCUT2D eigenvalue weighted by molar-refractivity contribution is 6.17. The Morgan fingerprint density at radius 2 is 0.714 bits per heavy atom. The number of rotatable bonds is 23. The lowest BCUT2D eigenvalue weighted by molar-refractivity contribution is -0.112. The second kappa shape index (κ2) is 40.0. The number of hydrogen-bond acceptors (Lipinski definition) is 15. The molecule has 0 saturated heterocycles. The van der Waals surface area contributed by atoms with E-state index in [0.717, 1.165) is 82.2 Å². The van der Waals surface area contributed by atoms with Gasteiger partial charge in [0.25, 0.3) is 17.7 Å². The van der Waals surface area contributed by atoms with E-state index in [4.69, 9.17) is 4.99 Å². The van der Waals surface area contributed by atoms with E-state index in [1.54, 1.807) is 72.8 Å². The fraction of sp³-hybridized carbons (Fsp3) is 0.348. The van der Waals surface area contributed by atoms with Crippen LogP contribution in [0, 0.1) is 11.8 Å². The van der Waals surface area contributed by atoms with Gasteiger partial charge in [-0.2, -0.15) is 0 Å². The fourth-order valence-electron chi connectivity index (χ4n) is 16.4. The summed E-state index contributed by atoms with van der Waals surface area (Å²) in [6, 6.07) is 48.8. The molecular weight excluding hydrogens is 1500 g/mol. The molecule has 622 valence electrons. The molecule has 0 radical (unpaired) electrons. The number of urea groups is 3. The number of hydrogen-bond donors (Lipinski definition) is 9. The highest BCUT2D eigenvalue weighted by Crippen LogP contribution is 2.48. The van der Waals surface area contributed by atoms with E-state index >= 15 is 0 Å². The third-order valence-electron chi connectivity index (χ3n) is 22.0. The highest BCUT2D eigenvalue weighted by atomic mass is 16.2. The Bertz CT molecular complexity index is 4750.